The van der Waals surface area contributed by atoms with E-state index in [-0.39, 0.29) is 7.33 Å². The molecule has 0 rings (SSSR count). The number of hydrogen-bond donors (Lipinski definition) is 1. The Labute approximate surface area is 45.4 Å². The lowest BCUT2D eigenvalue weighted by atomic mass is 10.4. The largest absolute Gasteiger partial charge is 0.356 e. The molecule has 2 nitrogen and oxygen atoms in total. The van der Waals surface area contributed by atoms with Crippen molar-refractivity contribution in [2.24, 2.45) is 0 Å². The molecule has 0 bridgehead atoms. The standard InChI is InChI=1S/C5H11NO.H2/c1-3-5(7)6-4-2;/h3-4H2,1-2H3,(H,6,7);1H. The van der Waals surface area contributed by atoms with E-state index in [1.807, 2.05) is 13.8 Å². The Bertz CT molecular complexity index is 65.4. The van der Waals surface area contributed by atoms with E-state index in [4.69, 9.17) is 0 Å². The van der Waals surface area contributed by atoms with Gasteiger partial charge in [0, 0.05) is 14.4 Å². The summed E-state index contributed by atoms with van der Waals surface area (Å²) in [7, 11) is 0. The zero-order valence-corrected chi connectivity index (χ0v) is 4.82. The molecule has 0 radical (unpaired) electrons. The van der Waals surface area contributed by atoms with Gasteiger partial charge in [0.1, 0.15) is 0 Å². The highest BCUT2D eigenvalue weighted by Crippen LogP contribution is 1.70. The van der Waals surface area contributed by atoms with Crippen LogP contribution in [-0.2, 0) is 4.79 Å². The number of carbonyl (C=O) groups excluding carboxylic acids is 1. The number of amides is 1. The highest BCUT2D eigenvalue weighted by atomic mass is 16.1. The molecule has 0 aromatic rings. The second kappa shape index (κ2) is 3.65. The first kappa shape index (κ1) is 6.47. The second-order valence-electron chi connectivity index (χ2n) is 1.31. The average molecular weight is 103 g/mol. The van der Waals surface area contributed by atoms with E-state index in [0.29, 0.717) is 6.42 Å². The van der Waals surface area contributed by atoms with Crippen LogP contribution in [0.2, 0.25) is 0 Å². The van der Waals surface area contributed by atoms with Crippen LogP contribution in [0.1, 0.15) is 21.7 Å². The molecule has 0 unspecified atom stereocenters. The average Bonchev–Trinajstić information content (AvgIpc) is 1.68. The Morgan fingerprint density at radius 3 is 2.43 bits per heavy atom. The van der Waals surface area contributed by atoms with Crippen LogP contribution in [0.3, 0.4) is 0 Å². The summed E-state index contributed by atoms with van der Waals surface area (Å²) < 4.78 is 0. The van der Waals surface area contributed by atoms with Crippen molar-refractivity contribution in [1.29, 1.82) is 0 Å². The first-order valence-corrected chi connectivity index (χ1v) is 2.58. The Kier molecular flexibility index (Phi) is 3.38. The maximum Gasteiger partial charge on any atom is 0.219 e. The number of nitrogens with one attached hydrogen (secondary N) is 1. The van der Waals surface area contributed by atoms with Gasteiger partial charge in [-0.3, -0.25) is 4.79 Å². The zero-order chi connectivity index (χ0) is 5.70. The molecule has 0 aliphatic rings. The minimum absolute atomic E-state index is 0. The van der Waals surface area contributed by atoms with Crippen LogP contribution in [0.15, 0.2) is 0 Å². The molecular formula is C5H13NO. The Balaban J connectivity index is 0. The normalized spacial score (nSPS) is 8.29. The lowest BCUT2D eigenvalue weighted by Crippen LogP contribution is -2.20. The van der Waals surface area contributed by atoms with Crippen molar-refractivity contribution in [1.82, 2.24) is 5.32 Å². The van der Waals surface area contributed by atoms with Gasteiger partial charge < -0.3 is 5.32 Å². The molecule has 7 heavy (non-hydrogen) atoms. The molecule has 0 saturated heterocycles. The summed E-state index contributed by atoms with van der Waals surface area (Å²) in [6.07, 6.45) is 0.591. The van der Waals surface area contributed by atoms with Crippen LogP contribution in [0.4, 0.5) is 0 Å². The van der Waals surface area contributed by atoms with E-state index >= 15 is 0 Å². The summed E-state index contributed by atoms with van der Waals surface area (Å²) in [6, 6.07) is 0. The smallest absolute Gasteiger partial charge is 0.219 e. The summed E-state index contributed by atoms with van der Waals surface area (Å²) in [5.41, 5.74) is 0. The van der Waals surface area contributed by atoms with E-state index in [2.05, 4.69) is 5.32 Å². The van der Waals surface area contributed by atoms with Gasteiger partial charge >= 0.3 is 0 Å². The summed E-state index contributed by atoms with van der Waals surface area (Å²) in [5, 5.41) is 2.66. The van der Waals surface area contributed by atoms with Crippen LogP contribution < -0.4 is 5.32 Å². The van der Waals surface area contributed by atoms with Crippen LogP contribution in [-0.4, -0.2) is 12.5 Å². The quantitative estimate of drug-likeness (QED) is 0.549. The Morgan fingerprint density at radius 1 is 1.71 bits per heavy atom. The molecule has 44 valence electrons. The molecule has 0 aromatic heterocycles. The highest BCUT2D eigenvalue weighted by Gasteiger charge is 1.88. The van der Waals surface area contributed by atoms with Crippen LogP contribution >= 0.6 is 0 Å². The first-order chi connectivity index (χ1) is 3.31. The summed E-state index contributed by atoms with van der Waals surface area (Å²) >= 11 is 0. The summed E-state index contributed by atoms with van der Waals surface area (Å²) in [4.78, 5) is 10.3. The first-order valence-electron chi connectivity index (χ1n) is 2.58. The molecule has 0 aliphatic carbocycles. The maximum atomic E-state index is 10.3. The lowest BCUT2D eigenvalue weighted by Gasteiger charge is -1.93. The van der Waals surface area contributed by atoms with Gasteiger partial charge in [-0.05, 0) is 6.92 Å². The zero-order valence-electron chi connectivity index (χ0n) is 4.82. The third-order valence-corrected chi connectivity index (χ3v) is 0.695. The summed E-state index contributed by atoms with van der Waals surface area (Å²) in [5.74, 6) is 0.127. The van der Waals surface area contributed by atoms with E-state index in [0.717, 1.165) is 6.54 Å². The fraction of sp³-hybridized carbons (Fsp3) is 0.800. The molecular weight excluding hydrogens is 90.1 g/mol. The van der Waals surface area contributed by atoms with Crippen molar-refractivity contribution < 1.29 is 6.22 Å². The summed E-state index contributed by atoms with van der Waals surface area (Å²) in [6.45, 7) is 4.49. The van der Waals surface area contributed by atoms with Crippen LogP contribution in [0.25, 0.3) is 0 Å². The van der Waals surface area contributed by atoms with E-state index < -0.39 is 0 Å². The minimum Gasteiger partial charge on any atom is -0.356 e. The van der Waals surface area contributed by atoms with Crippen molar-refractivity contribution in [3.05, 3.63) is 0 Å². The predicted molar refractivity (Wildman–Crippen MR) is 31.1 cm³/mol. The van der Waals surface area contributed by atoms with Crippen molar-refractivity contribution in [2.45, 2.75) is 20.3 Å². The van der Waals surface area contributed by atoms with Gasteiger partial charge in [-0.25, -0.2) is 0 Å². The number of carbonyl (C=O) groups is 1. The van der Waals surface area contributed by atoms with Crippen molar-refractivity contribution >= 4 is 5.91 Å². The van der Waals surface area contributed by atoms with Crippen LogP contribution in [0.5, 0.6) is 0 Å². The van der Waals surface area contributed by atoms with Crippen molar-refractivity contribution in [3.63, 3.8) is 0 Å². The minimum atomic E-state index is 0. The van der Waals surface area contributed by atoms with Gasteiger partial charge in [0.2, 0.25) is 5.91 Å². The highest BCUT2D eigenvalue weighted by molar-refractivity contribution is 5.75. The van der Waals surface area contributed by atoms with E-state index in [1.54, 1.807) is 0 Å². The number of rotatable bonds is 2. The molecule has 0 aliphatic heterocycles. The van der Waals surface area contributed by atoms with Crippen molar-refractivity contribution in [2.75, 3.05) is 6.54 Å². The fourth-order valence-corrected chi connectivity index (χ4v) is 0.322. The molecule has 0 heterocycles. The Hall–Kier alpha value is -0.530. The van der Waals surface area contributed by atoms with Gasteiger partial charge in [0.15, 0.2) is 0 Å². The molecule has 0 atom stereocenters. The maximum absolute atomic E-state index is 10.3. The van der Waals surface area contributed by atoms with Crippen molar-refractivity contribution in [3.8, 4) is 0 Å². The SMILES string of the molecule is CCNC(=O)CC.[HH]. The molecule has 0 spiro atoms. The second-order valence-corrected chi connectivity index (χ2v) is 1.31. The third-order valence-electron chi connectivity index (χ3n) is 0.695. The topological polar surface area (TPSA) is 29.1 Å². The van der Waals surface area contributed by atoms with Gasteiger partial charge in [-0.15, -0.1) is 0 Å². The molecule has 1 N–H and O–H groups in total. The van der Waals surface area contributed by atoms with E-state index in [1.165, 1.54) is 0 Å². The molecule has 1 amide bonds. The van der Waals surface area contributed by atoms with E-state index in [9.17, 15) is 4.79 Å². The van der Waals surface area contributed by atoms with Gasteiger partial charge in [0.25, 0.3) is 0 Å². The molecule has 2 heteroatoms. The monoisotopic (exact) mass is 103 g/mol. The van der Waals surface area contributed by atoms with Gasteiger partial charge in [0.05, 0.1) is 0 Å². The van der Waals surface area contributed by atoms with Crippen LogP contribution in [0, 0.1) is 0 Å². The lowest BCUT2D eigenvalue weighted by molar-refractivity contribution is -0.120. The van der Waals surface area contributed by atoms with Gasteiger partial charge in [-0.2, -0.15) is 0 Å². The Morgan fingerprint density at radius 2 is 2.29 bits per heavy atom. The fourth-order valence-electron chi connectivity index (χ4n) is 0.322. The van der Waals surface area contributed by atoms with Gasteiger partial charge in [-0.1, -0.05) is 6.92 Å². The number of hydrogen-bond acceptors (Lipinski definition) is 1. The molecule has 0 fully saturated rings. The molecule has 0 aromatic carbocycles. The predicted octanol–water partition coefficient (Wildman–Crippen LogP) is 0.778. The third kappa shape index (κ3) is 3.30. The molecule has 0 saturated carbocycles.